The first-order chi connectivity index (χ1) is 9.79. The summed E-state index contributed by atoms with van der Waals surface area (Å²) in [6.07, 6.45) is 9.98. The van der Waals surface area contributed by atoms with Crippen LogP contribution in [0.3, 0.4) is 0 Å². The molecule has 7 nitrogen and oxygen atoms in total. The summed E-state index contributed by atoms with van der Waals surface area (Å²) in [5.41, 5.74) is 7.06. The first kappa shape index (κ1) is 12.8. The SMILES string of the molecule is C#CCOCC1CCC(n2cnc3c(N)ncnc32)O1. The van der Waals surface area contributed by atoms with Crippen LogP contribution >= 0.6 is 0 Å². The molecule has 0 amide bonds. The minimum absolute atomic E-state index is 0.0463. The standard InChI is InChI=1S/C13H15N5O2/c1-2-5-19-6-9-3-4-10(20-9)18-8-17-11-12(14)15-7-16-13(11)18/h1,7-10H,3-6H2,(H2,14,15,16). The van der Waals surface area contributed by atoms with Gasteiger partial charge < -0.3 is 15.2 Å². The molecule has 3 rings (SSSR count). The Hall–Kier alpha value is -2.17. The van der Waals surface area contributed by atoms with Gasteiger partial charge in [0.1, 0.15) is 24.7 Å². The number of nitrogens with zero attached hydrogens (tertiary/aromatic N) is 4. The Labute approximate surface area is 116 Å². The summed E-state index contributed by atoms with van der Waals surface area (Å²) in [4.78, 5) is 12.4. The Morgan fingerprint density at radius 1 is 1.45 bits per heavy atom. The van der Waals surface area contributed by atoms with E-state index < -0.39 is 0 Å². The van der Waals surface area contributed by atoms with Crippen LogP contribution in [0.25, 0.3) is 11.2 Å². The molecule has 0 aliphatic carbocycles. The van der Waals surface area contributed by atoms with Crippen molar-refractivity contribution < 1.29 is 9.47 Å². The van der Waals surface area contributed by atoms with E-state index >= 15 is 0 Å². The van der Waals surface area contributed by atoms with E-state index in [0.717, 1.165) is 12.8 Å². The first-order valence-corrected chi connectivity index (χ1v) is 6.39. The predicted octanol–water partition coefficient (Wildman–Crippen LogP) is 0.736. The first-order valence-electron chi connectivity index (χ1n) is 6.39. The molecule has 0 saturated carbocycles. The highest BCUT2D eigenvalue weighted by Gasteiger charge is 2.28. The van der Waals surface area contributed by atoms with Gasteiger partial charge in [-0.3, -0.25) is 4.57 Å². The van der Waals surface area contributed by atoms with Crippen LogP contribution in [0.2, 0.25) is 0 Å². The lowest BCUT2D eigenvalue weighted by molar-refractivity contribution is -0.0346. The van der Waals surface area contributed by atoms with Crippen LogP contribution in [0, 0.1) is 12.3 Å². The minimum atomic E-state index is -0.103. The van der Waals surface area contributed by atoms with Crippen molar-refractivity contribution in [2.24, 2.45) is 0 Å². The number of nitrogens with two attached hydrogens (primary N) is 1. The molecular formula is C13H15N5O2. The third kappa shape index (κ3) is 2.31. The number of fused-ring (bicyclic) bond motifs is 1. The number of aromatic nitrogens is 4. The van der Waals surface area contributed by atoms with Crippen LogP contribution in [0.4, 0.5) is 5.82 Å². The molecule has 1 fully saturated rings. The van der Waals surface area contributed by atoms with Gasteiger partial charge in [-0.2, -0.15) is 0 Å². The molecule has 1 aliphatic rings. The van der Waals surface area contributed by atoms with E-state index in [4.69, 9.17) is 21.6 Å². The number of anilines is 1. The molecule has 7 heteroatoms. The maximum atomic E-state index is 5.93. The van der Waals surface area contributed by atoms with Gasteiger partial charge in [-0.05, 0) is 12.8 Å². The van der Waals surface area contributed by atoms with E-state index in [1.54, 1.807) is 6.33 Å². The van der Waals surface area contributed by atoms with E-state index in [9.17, 15) is 0 Å². The van der Waals surface area contributed by atoms with Crippen molar-refractivity contribution in [1.29, 1.82) is 0 Å². The topological polar surface area (TPSA) is 88.1 Å². The highest BCUT2D eigenvalue weighted by molar-refractivity contribution is 5.81. The van der Waals surface area contributed by atoms with Crippen LogP contribution in [-0.4, -0.2) is 38.8 Å². The van der Waals surface area contributed by atoms with Crippen molar-refractivity contribution in [2.45, 2.75) is 25.2 Å². The number of nitrogen functional groups attached to an aromatic ring is 1. The largest absolute Gasteiger partial charge is 0.382 e. The fourth-order valence-corrected chi connectivity index (χ4v) is 2.34. The van der Waals surface area contributed by atoms with Crippen LogP contribution in [-0.2, 0) is 9.47 Å². The lowest BCUT2D eigenvalue weighted by atomic mass is 10.2. The molecular weight excluding hydrogens is 258 g/mol. The maximum absolute atomic E-state index is 5.93. The summed E-state index contributed by atoms with van der Waals surface area (Å²) in [5, 5.41) is 0. The Balaban J connectivity index is 1.73. The monoisotopic (exact) mass is 273 g/mol. The zero-order chi connectivity index (χ0) is 13.9. The Morgan fingerprint density at radius 2 is 2.35 bits per heavy atom. The van der Waals surface area contributed by atoms with Gasteiger partial charge in [0.25, 0.3) is 0 Å². The van der Waals surface area contributed by atoms with Gasteiger partial charge in [-0.1, -0.05) is 5.92 Å². The van der Waals surface area contributed by atoms with Gasteiger partial charge in [0.05, 0.1) is 19.0 Å². The molecule has 0 radical (unpaired) electrons. The van der Waals surface area contributed by atoms with Gasteiger partial charge in [0.15, 0.2) is 11.5 Å². The normalized spacial score (nSPS) is 22.1. The summed E-state index contributed by atoms with van der Waals surface area (Å²) < 4.78 is 13.1. The third-order valence-corrected chi connectivity index (χ3v) is 3.27. The van der Waals surface area contributed by atoms with E-state index in [1.165, 1.54) is 6.33 Å². The minimum Gasteiger partial charge on any atom is -0.382 e. The molecule has 3 heterocycles. The van der Waals surface area contributed by atoms with Crippen LogP contribution in [0.1, 0.15) is 19.1 Å². The third-order valence-electron chi connectivity index (χ3n) is 3.27. The summed E-state index contributed by atoms with van der Waals surface area (Å²) in [6.45, 7) is 0.812. The second-order valence-electron chi connectivity index (χ2n) is 4.59. The van der Waals surface area contributed by atoms with E-state index in [2.05, 4.69) is 20.9 Å². The molecule has 2 unspecified atom stereocenters. The summed E-state index contributed by atoms with van der Waals surface area (Å²) >= 11 is 0. The molecule has 1 saturated heterocycles. The number of hydrogen-bond donors (Lipinski definition) is 1. The predicted molar refractivity (Wildman–Crippen MR) is 72.5 cm³/mol. The van der Waals surface area contributed by atoms with Crippen molar-refractivity contribution in [3.8, 4) is 12.3 Å². The molecule has 1 aliphatic heterocycles. The Kier molecular flexibility index (Phi) is 3.50. The molecule has 2 aromatic rings. The highest BCUT2D eigenvalue weighted by Crippen LogP contribution is 2.30. The van der Waals surface area contributed by atoms with Gasteiger partial charge >= 0.3 is 0 Å². The highest BCUT2D eigenvalue weighted by atomic mass is 16.5. The van der Waals surface area contributed by atoms with Gasteiger partial charge in [-0.25, -0.2) is 15.0 Å². The Bertz CT molecular complexity index is 648. The Morgan fingerprint density at radius 3 is 3.20 bits per heavy atom. The van der Waals surface area contributed by atoms with Crippen LogP contribution in [0.15, 0.2) is 12.7 Å². The molecule has 20 heavy (non-hydrogen) atoms. The molecule has 104 valence electrons. The second kappa shape index (κ2) is 5.45. The van der Waals surface area contributed by atoms with Crippen molar-refractivity contribution in [1.82, 2.24) is 19.5 Å². The lowest BCUT2D eigenvalue weighted by Gasteiger charge is -2.14. The maximum Gasteiger partial charge on any atom is 0.167 e. The number of terminal acetylenes is 1. The number of ether oxygens (including phenoxy) is 2. The lowest BCUT2D eigenvalue weighted by Crippen LogP contribution is -2.16. The van der Waals surface area contributed by atoms with Crippen molar-refractivity contribution in [2.75, 3.05) is 18.9 Å². The zero-order valence-electron chi connectivity index (χ0n) is 10.9. The smallest absolute Gasteiger partial charge is 0.167 e. The van der Waals surface area contributed by atoms with Gasteiger partial charge in [0.2, 0.25) is 0 Å². The van der Waals surface area contributed by atoms with Crippen molar-refractivity contribution in [3.05, 3.63) is 12.7 Å². The summed E-state index contributed by atoms with van der Waals surface area (Å²) in [5.74, 6) is 2.81. The molecule has 2 N–H and O–H groups in total. The summed E-state index contributed by atoms with van der Waals surface area (Å²) in [7, 11) is 0. The van der Waals surface area contributed by atoms with Crippen LogP contribution < -0.4 is 5.73 Å². The molecule has 2 atom stereocenters. The quantitative estimate of drug-likeness (QED) is 0.653. The number of imidazole rings is 1. The van der Waals surface area contributed by atoms with Crippen LogP contribution in [0.5, 0.6) is 0 Å². The number of rotatable bonds is 4. The summed E-state index contributed by atoms with van der Waals surface area (Å²) in [6, 6.07) is 0. The van der Waals surface area contributed by atoms with E-state index in [1.807, 2.05) is 4.57 Å². The van der Waals surface area contributed by atoms with E-state index in [-0.39, 0.29) is 12.3 Å². The second-order valence-corrected chi connectivity index (χ2v) is 4.59. The fraction of sp³-hybridized carbons (Fsp3) is 0.462. The fourth-order valence-electron chi connectivity index (χ4n) is 2.34. The van der Waals surface area contributed by atoms with Crippen molar-refractivity contribution in [3.63, 3.8) is 0 Å². The van der Waals surface area contributed by atoms with Gasteiger partial charge in [0, 0.05) is 0 Å². The average Bonchev–Trinajstić information content (AvgIpc) is 3.06. The zero-order valence-corrected chi connectivity index (χ0v) is 10.9. The molecule has 0 bridgehead atoms. The van der Waals surface area contributed by atoms with E-state index in [0.29, 0.717) is 30.2 Å². The molecule has 2 aromatic heterocycles. The average molecular weight is 273 g/mol. The van der Waals surface area contributed by atoms with Crippen molar-refractivity contribution >= 4 is 17.0 Å². The number of hydrogen-bond acceptors (Lipinski definition) is 6. The molecule has 0 spiro atoms. The van der Waals surface area contributed by atoms with Gasteiger partial charge in [-0.15, -0.1) is 6.42 Å². The molecule has 0 aromatic carbocycles.